The fourth-order valence-electron chi connectivity index (χ4n) is 4.89. The van der Waals surface area contributed by atoms with Gasteiger partial charge in [-0.2, -0.15) is 0 Å². The first kappa shape index (κ1) is 25.5. The molecule has 0 saturated carbocycles. The Morgan fingerprint density at radius 3 is 2.31 bits per heavy atom. The van der Waals surface area contributed by atoms with E-state index in [0.717, 1.165) is 48.7 Å². The molecule has 192 valence electrons. The number of ether oxygens (including phenoxy) is 1. The van der Waals surface area contributed by atoms with Gasteiger partial charge in [-0.15, -0.1) is 0 Å². The monoisotopic (exact) mass is 493 g/mol. The number of carbonyl (C=O) groups is 3. The molecule has 9 nitrogen and oxygen atoms in total. The first-order valence-electron chi connectivity index (χ1n) is 12.4. The molecule has 0 aliphatic carbocycles. The normalized spacial score (nSPS) is 18.5. The van der Waals surface area contributed by atoms with Crippen molar-refractivity contribution in [2.75, 3.05) is 63.1 Å². The molecule has 0 aromatic heterocycles. The highest BCUT2D eigenvalue weighted by molar-refractivity contribution is 5.97. The van der Waals surface area contributed by atoms with E-state index < -0.39 is 6.04 Å². The van der Waals surface area contributed by atoms with Crippen LogP contribution >= 0.6 is 0 Å². The van der Waals surface area contributed by atoms with Crippen LogP contribution in [-0.2, 0) is 14.4 Å². The van der Waals surface area contributed by atoms with Crippen LogP contribution in [0.1, 0.15) is 17.5 Å². The largest absolute Gasteiger partial charge is 0.497 e. The lowest BCUT2D eigenvalue weighted by Crippen LogP contribution is -2.60. The molecule has 0 radical (unpaired) electrons. The lowest BCUT2D eigenvalue weighted by atomic mass is 10.1. The Balaban J connectivity index is 1.32. The summed E-state index contributed by atoms with van der Waals surface area (Å²) in [5.74, 6) is 0.139. The van der Waals surface area contributed by atoms with Crippen LogP contribution in [-0.4, -0.2) is 86.5 Å². The van der Waals surface area contributed by atoms with Gasteiger partial charge in [-0.05, 0) is 61.4 Å². The van der Waals surface area contributed by atoms with Gasteiger partial charge in [-0.3, -0.25) is 19.3 Å². The van der Waals surface area contributed by atoms with Gasteiger partial charge in [-0.25, -0.2) is 0 Å². The highest BCUT2D eigenvalue weighted by Crippen LogP contribution is 2.21. The highest BCUT2D eigenvalue weighted by atomic mass is 16.5. The summed E-state index contributed by atoms with van der Waals surface area (Å²) in [4.78, 5) is 44.6. The SMILES string of the molecule is COc1ccc(N2CCN(CC(=O)N3CCNC(=O)[C@@H]3CC(=O)Nc3cc(C)cc(C)c3)CC2)cc1. The van der Waals surface area contributed by atoms with Crippen molar-refractivity contribution in [1.29, 1.82) is 0 Å². The number of hydrogen-bond donors (Lipinski definition) is 2. The number of anilines is 2. The van der Waals surface area contributed by atoms with Gasteiger partial charge >= 0.3 is 0 Å². The molecule has 2 aromatic rings. The van der Waals surface area contributed by atoms with E-state index in [-0.39, 0.29) is 30.7 Å². The van der Waals surface area contributed by atoms with Crippen molar-refractivity contribution in [2.24, 2.45) is 0 Å². The molecule has 1 atom stereocenters. The van der Waals surface area contributed by atoms with E-state index in [0.29, 0.717) is 18.8 Å². The minimum Gasteiger partial charge on any atom is -0.497 e. The van der Waals surface area contributed by atoms with Gasteiger partial charge in [0.2, 0.25) is 17.7 Å². The summed E-state index contributed by atoms with van der Waals surface area (Å²) in [5, 5.41) is 5.68. The van der Waals surface area contributed by atoms with Gasteiger partial charge in [0.05, 0.1) is 20.1 Å². The summed E-state index contributed by atoms with van der Waals surface area (Å²) in [5.41, 5.74) is 3.92. The molecule has 2 aliphatic heterocycles. The average molecular weight is 494 g/mol. The Bertz CT molecular complexity index is 1080. The Morgan fingerprint density at radius 1 is 1.00 bits per heavy atom. The molecule has 3 amide bonds. The first-order chi connectivity index (χ1) is 17.3. The van der Waals surface area contributed by atoms with Crippen molar-refractivity contribution in [1.82, 2.24) is 15.1 Å². The average Bonchev–Trinajstić information content (AvgIpc) is 2.85. The first-order valence-corrected chi connectivity index (χ1v) is 12.4. The van der Waals surface area contributed by atoms with Crippen LogP contribution in [0.25, 0.3) is 0 Å². The van der Waals surface area contributed by atoms with Crippen molar-refractivity contribution < 1.29 is 19.1 Å². The number of aryl methyl sites for hydroxylation is 2. The van der Waals surface area contributed by atoms with Gasteiger partial charge in [0, 0.05) is 50.6 Å². The van der Waals surface area contributed by atoms with E-state index in [1.165, 1.54) is 0 Å². The topological polar surface area (TPSA) is 94.2 Å². The second-order valence-electron chi connectivity index (χ2n) is 9.48. The summed E-state index contributed by atoms with van der Waals surface area (Å²) in [6.07, 6.45) is -0.0736. The summed E-state index contributed by atoms with van der Waals surface area (Å²) in [6, 6.07) is 13.0. The van der Waals surface area contributed by atoms with Gasteiger partial charge in [-0.1, -0.05) is 6.07 Å². The van der Waals surface area contributed by atoms with E-state index in [2.05, 4.69) is 20.4 Å². The van der Waals surface area contributed by atoms with Crippen molar-refractivity contribution in [3.05, 3.63) is 53.6 Å². The molecule has 0 bridgehead atoms. The van der Waals surface area contributed by atoms with Gasteiger partial charge < -0.3 is 25.2 Å². The Labute approximate surface area is 212 Å². The third-order valence-corrected chi connectivity index (χ3v) is 6.70. The van der Waals surface area contributed by atoms with Crippen molar-refractivity contribution in [2.45, 2.75) is 26.3 Å². The second kappa shape index (κ2) is 11.4. The van der Waals surface area contributed by atoms with Gasteiger partial charge in [0.25, 0.3) is 0 Å². The van der Waals surface area contributed by atoms with Crippen molar-refractivity contribution in [3.63, 3.8) is 0 Å². The van der Waals surface area contributed by atoms with E-state index in [1.807, 2.05) is 56.3 Å². The quantitative estimate of drug-likeness (QED) is 0.611. The predicted molar refractivity (Wildman–Crippen MR) is 139 cm³/mol. The van der Waals surface area contributed by atoms with Crippen LogP contribution in [0.5, 0.6) is 5.75 Å². The Hall–Kier alpha value is -3.59. The molecule has 2 fully saturated rings. The molecule has 2 aromatic carbocycles. The molecular weight excluding hydrogens is 458 g/mol. The molecule has 2 N–H and O–H groups in total. The third kappa shape index (κ3) is 6.34. The van der Waals surface area contributed by atoms with Crippen LogP contribution < -0.4 is 20.3 Å². The minimum absolute atomic E-state index is 0.0736. The molecule has 9 heteroatoms. The van der Waals surface area contributed by atoms with Crippen LogP contribution in [0.4, 0.5) is 11.4 Å². The minimum atomic E-state index is -0.808. The Morgan fingerprint density at radius 2 is 1.67 bits per heavy atom. The number of rotatable bonds is 7. The van der Waals surface area contributed by atoms with Crippen LogP contribution in [0.3, 0.4) is 0 Å². The number of nitrogens with one attached hydrogen (secondary N) is 2. The molecule has 2 saturated heterocycles. The molecular formula is C27H35N5O4. The number of methoxy groups -OCH3 is 1. The fourth-order valence-corrected chi connectivity index (χ4v) is 4.89. The summed E-state index contributed by atoms with van der Waals surface area (Å²) < 4.78 is 5.23. The van der Waals surface area contributed by atoms with Crippen molar-refractivity contribution in [3.8, 4) is 5.75 Å². The number of benzene rings is 2. The zero-order valence-corrected chi connectivity index (χ0v) is 21.3. The highest BCUT2D eigenvalue weighted by Gasteiger charge is 2.35. The van der Waals surface area contributed by atoms with E-state index in [4.69, 9.17) is 4.74 Å². The van der Waals surface area contributed by atoms with E-state index in [9.17, 15) is 14.4 Å². The number of piperazine rings is 2. The maximum absolute atomic E-state index is 13.2. The smallest absolute Gasteiger partial charge is 0.243 e. The number of hydrogen-bond acceptors (Lipinski definition) is 6. The fraction of sp³-hybridized carbons (Fsp3) is 0.444. The summed E-state index contributed by atoms with van der Waals surface area (Å²) in [7, 11) is 1.65. The van der Waals surface area contributed by atoms with Crippen LogP contribution in [0.15, 0.2) is 42.5 Å². The molecule has 4 rings (SSSR count). The summed E-state index contributed by atoms with van der Waals surface area (Å²) >= 11 is 0. The Kier molecular flexibility index (Phi) is 8.10. The maximum Gasteiger partial charge on any atom is 0.243 e. The standard InChI is InChI=1S/C27H35N5O4/c1-19-14-20(2)16-21(15-19)29-25(33)17-24-27(35)28-8-9-32(24)26(34)18-30-10-12-31(13-11-30)22-4-6-23(36-3)7-5-22/h4-7,14-16,24H,8-13,17-18H2,1-3H3,(H,28,35)(H,29,33)/t24-/m0/s1. The lowest BCUT2D eigenvalue weighted by molar-refractivity contribution is -0.145. The second-order valence-corrected chi connectivity index (χ2v) is 9.48. The molecule has 36 heavy (non-hydrogen) atoms. The number of nitrogens with zero attached hydrogens (tertiary/aromatic N) is 3. The van der Waals surface area contributed by atoms with Gasteiger partial charge in [0.15, 0.2) is 0 Å². The molecule has 2 aliphatic rings. The summed E-state index contributed by atoms with van der Waals surface area (Å²) in [6.45, 7) is 8.07. The zero-order valence-electron chi connectivity index (χ0n) is 21.3. The van der Waals surface area contributed by atoms with E-state index >= 15 is 0 Å². The predicted octanol–water partition coefficient (Wildman–Crippen LogP) is 1.79. The van der Waals surface area contributed by atoms with Gasteiger partial charge in [0.1, 0.15) is 11.8 Å². The number of amides is 3. The zero-order chi connectivity index (χ0) is 25.7. The lowest BCUT2D eigenvalue weighted by Gasteiger charge is -2.39. The maximum atomic E-state index is 13.2. The number of carbonyl (C=O) groups excluding carboxylic acids is 3. The van der Waals surface area contributed by atoms with Crippen LogP contribution in [0, 0.1) is 13.8 Å². The molecule has 0 spiro atoms. The van der Waals surface area contributed by atoms with Crippen molar-refractivity contribution >= 4 is 29.1 Å². The van der Waals surface area contributed by atoms with Crippen LogP contribution in [0.2, 0.25) is 0 Å². The van der Waals surface area contributed by atoms with E-state index in [1.54, 1.807) is 12.0 Å². The third-order valence-electron chi connectivity index (χ3n) is 6.70. The molecule has 2 heterocycles. The molecule has 0 unspecified atom stereocenters.